The Morgan fingerprint density at radius 3 is 2.84 bits per heavy atom. The molecule has 0 aromatic heterocycles. The van der Waals surface area contributed by atoms with Gasteiger partial charge in [0.2, 0.25) is 0 Å². The highest BCUT2D eigenvalue weighted by Crippen LogP contribution is 2.31. The van der Waals surface area contributed by atoms with E-state index in [1.54, 1.807) is 0 Å². The van der Waals surface area contributed by atoms with E-state index < -0.39 is 24.4 Å². The molecule has 1 aliphatic heterocycles. The topological polar surface area (TPSA) is 38.3 Å². The molecule has 6 heteroatoms. The quantitative estimate of drug-likeness (QED) is 0.858. The average Bonchev–Trinajstić information content (AvgIpc) is 2.61. The monoisotopic (exact) mass is 333 g/mol. The van der Waals surface area contributed by atoms with Gasteiger partial charge in [-0.25, -0.2) is 4.79 Å². The summed E-state index contributed by atoms with van der Waals surface area (Å²) in [6, 6.07) is 5.71. The van der Waals surface area contributed by atoms with Crippen LogP contribution < -0.4 is 5.32 Å². The zero-order valence-corrected chi connectivity index (χ0v) is 12.0. The van der Waals surface area contributed by atoms with Gasteiger partial charge in [-0.2, -0.15) is 8.78 Å². The van der Waals surface area contributed by atoms with Crippen LogP contribution in [0.4, 0.5) is 14.5 Å². The molecule has 0 spiro atoms. The van der Waals surface area contributed by atoms with Crippen molar-refractivity contribution >= 4 is 27.6 Å². The lowest BCUT2D eigenvalue weighted by Crippen LogP contribution is -2.22. The third kappa shape index (κ3) is 3.23. The van der Waals surface area contributed by atoms with Crippen LogP contribution in [-0.2, 0) is 16.0 Å². The van der Waals surface area contributed by atoms with Gasteiger partial charge in [0.1, 0.15) is 6.10 Å². The summed E-state index contributed by atoms with van der Waals surface area (Å²) < 4.78 is 31.6. The molecule has 1 aliphatic rings. The smallest absolute Gasteiger partial charge is 0.377 e. The van der Waals surface area contributed by atoms with Crippen LogP contribution >= 0.6 is 15.9 Å². The summed E-state index contributed by atoms with van der Waals surface area (Å²) in [7, 11) is 0. The molecule has 1 aromatic rings. The lowest BCUT2D eigenvalue weighted by Gasteiger charge is -2.14. The molecule has 1 aromatic carbocycles. The fraction of sp³-hybridized carbons (Fsp3) is 0.462. The van der Waals surface area contributed by atoms with Gasteiger partial charge in [0, 0.05) is 10.2 Å². The molecular weight excluding hydrogens is 320 g/mol. The first-order chi connectivity index (χ1) is 8.92. The molecule has 19 heavy (non-hydrogen) atoms. The Morgan fingerprint density at radius 1 is 1.53 bits per heavy atom. The molecule has 0 radical (unpaired) electrons. The number of carbonyl (C=O) groups is 1. The lowest BCUT2D eigenvalue weighted by molar-refractivity contribution is -0.158. The largest absolute Gasteiger partial charge is 0.456 e. The Balaban J connectivity index is 1.98. The molecule has 0 aliphatic carbocycles. The second kappa shape index (κ2) is 5.45. The van der Waals surface area contributed by atoms with Crippen molar-refractivity contribution in [3.63, 3.8) is 0 Å². The Kier molecular flexibility index (Phi) is 4.08. The van der Waals surface area contributed by atoms with Gasteiger partial charge in [0.05, 0.1) is 13.0 Å². The first-order valence-corrected chi connectivity index (χ1v) is 6.83. The van der Waals surface area contributed by atoms with Gasteiger partial charge >= 0.3 is 11.9 Å². The molecule has 2 rings (SSSR count). The Hall–Kier alpha value is -1.17. The predicted molar refractivity (Wildman–Crippen MR) is 71.5 cm³/mol. The number of cyclic esters (lactones) is 1. The van der Waals surface area contributed by atoms with Crippen molar-refractivity contribution in [2.45, 2.75) is 31.8 Å². The summed E-state index contributed by atoms with van der Waals surface area (Å²) in [5, 5.41) is 3.06. The molecule has 0 amide bonds. The first-order valence-electron chi connectivity index (χ1n) is 6.03. The minimum absolute atomic E-state index is 0.190. The van der Waals surface area contributed by atoms with Crippen LogP contribution in [0, 0.1) is 0 Å². The van der Waals surface area contributed by atoms with E-state index in [9.17, 15) is 13.6 Å². The third-order valence-electron chi connectivity index (χ3n) is 3.02. The summed E-state index contributed by atoms with van der Waals surface area (Å²) >= 11 is 3.38. The molecule has 1 atom stereocenters. The van der Waals surface area contributed by atoms with E-state index >= 15 is 0 Å². The van der Waals surface area contributed by atoms with Crippen molar-refractivity contribution in [2.75, 3.05) is 11.9 Å². The molecule has 104 valence electrons. The third-order valence-corrected chi connectivity index (χ3v) is 3.52. The van der Waals surface area contributed by atoms with Gasteiger partial charge in [0.25, 0.3) is 0 Å². The van der Waals surface area contributed by atoms with Crippen molar-refractivity contribution in [2.24, 2.45) is 0 Å². The Bertz CT molecular complexity index is 494. The van der Waals surface area contributed by atoms with Crippen LogP contribution in [0.3, 0.4) is 0 Å². The number of anilines is 1. The maximum absolute atomic E-state index is 13.0. The SMILES string of the molecule is CCc1cc(Br)ccc1NCC1CC(F)(F)C(=O)O1. The second-order valence-corrected chi connectivity index (χ2v) is 5.39. The minimum Gasteiger partial charge on any atom is -0.456 e. The number of halogens is 3. The molecule has 1 N–H and O–H groups in total. The summed E-state index contributed by atoms with van der Waals surface area (Å²) in [5.74, 6) is -4.77. The van der Waals surface area contributed by atoms with Crippen LogP contribution in [0.5, 0.6) is 0 Å². The second-order valence-electron chi connectivity index (χ2n) is 4.47. The number of benzene rings is 1. The fourth-order valence-electron chi connectivity index (χ4n) is 2.01. The van der Waals surface area contributed by atoms with Gasteiger partial charge in [-0.05, 0) is 30.2 Å². The van der Waals surface area contributed by atoms with Crippen LogP contribution in [0.25, 0.3) is 0 Å². The number of nitrogens with one attached hydrogen (secondary N) is 1. The molecule has 0 bridgehead atoms. The average molecular weight is 334 g/mol. The summed E-state index contributed by atoms with van der Waals surface area (Å²) in [5.41, 5.74) is 1.95. The van der Waals surface area contributed by atoms with E-state index in [4.69, 9.17) is 0 Å². The number of alkyl halides is 2. The van der Waals surface area contributed by atoms with Gasteiger partial charge in [-0.3, -0.25) is 0 Å². The zero-order valence-electron chi connectivity index (χ0n) is 10.4. The van der Waals surface area contributed by atoms with Crippen molar-refractivity contribution in [1.29, 1.82) is 0 Å². The van der Waals surface area contributed by atoms with E-state index in [0.717, 1.165) is 22.1 Å². The van der Waals surface area contributed by atoms with Crippen molar-refractivity contribution < 1.29 is 18.3 Å². The van der Waals surface area contributed by atoms with Crippen molar-refractivity contribution in [3.05, 3.63) is 28.2 Å². The minimum atomic E-state index is -3.35. The number of esters is 1. The number of rotatable bonds is 4. The number of hydrogen-bond acceptors (Lipinski definition) is 3. The zero-order chi connectivity index (χ0) is 14.0. The van der Waals surface area contributed by atoms with E-state index in [1.807, 2.05) is 25.1 Å². The van der Waals surface area contributed by atoms with Crippen LogP contribution in [-0.4, -0.2) is 24.5 Å². The number of carbonyl (C=O) groups excluding carboxylic acids is 1. The summed E-state index contributed by atoms with van der Waals surface area (Å²) in [4.78, 5) is 10.9. The molecule has 1 fully saturated rings. The number of hydrogen-bond donors (Lipinski definition) is 1. The number of ether oxygens (including phenoxy) is 1. The van der Waals surface area contributed by atoms with Gasteiger partial charge in [-0.15, -0.1) is 0 Å². The maximum atomic E-state index is 13.0. The van der Waals surface area contributed by atoms with Crippen LogP contribution in [0.1, 0.15) is 18.9 Å². The normalized spacial score (nSPS) is 21.3. The first kappa shape index (κ1) is 14.2. The predicted octanol–water partition coefficient (Wildman–Crippen LogP) is 3.37. The van der Waals surface area contributed by atoms with E-state index in [1.165, 1.54) is 0 Å². The Morgan fingerprint density at radius 2 is 2.26 bits per heavy atom. The van der Waals surface area contributed by atoms with E-state index in [-0.39, 0.29) is 6.54 Å². The van der Waals surface area contributed by atoms with E-state index in [2.05, 4.69) is 26.0 Å². The molecule has 1 unspecified atom stereocenters. The van der Waals surface area contributed by atoms with Crippen LogP contribution in [0.2, 0.25) is 0 Å². The molecule has 3 nitrogen and oxygen atoms in total. The maximum Gasteiger partial charge on any atom is 0.377 e. The lowest BCUT2D eigenvalue weighted by atomic mass is 10.1. The molecular formula is C13H14BrF2NO2. The van der Waals surface area contributed by atoms with E-state index in [0.29, 0.717) is 0 Å². The summed E-state index contributed by atoms with van der Waals surface area (Å²) in [6.45, 7) is 2.20. The molecule has 1 saturated heterocycles. The fourth-order valence-corrected chi connectivity index (χ4v) is 2.42. The van der Waals surface area contributed by atoms with Gasteiger partial charge in [0.15, 0.2) is 0 Å². The molecule has 1 heterocycles. The highest BCUT2D eigenvalue weighted by Gasteiger charge is 2.50. The van der Waals surface area contributed by atoms with Gasteiger partial charge < -0.3 is 10.1 Å². The van der Waals surface area contributed by atoms with Crippen molar-refractivity contribution in [1.82, 2.24) is 0 Å². The summed E-state index contributed by atoms with van der Waals surface area (Å²) in [6.07, 6.45) is -0.519. The Labute approximate surface area is 118 Å². The molecule has 0 saturated carbocycles. The standard InChI is InChI=1S/C13H14BrF2NO2/c1-2-8-5-9(14)3-4-11(8)17-7-10-6-13(15,16)12(18)19-10/h3-5,10,17H,2,6-7H2,1H3. The van der Waals surface area contributed by atoms with Crippen LogP contribution in [0.15, 0.2) is 22.7 Å². The highest BCUT2D eigenvalue weighted by atomic mass is 79.9. The highest BCUT2D eigenvalue weighted by molar-refractivity contribution is 9.10. The van der Waals surface area contributed by atoms with Crippen molar-refractivity contribution in [3.8, 4) is 0 Å². The number of aryl methyl sites for hydroxylation is 1. The van der Waals surface area contributed by atoms with Gasteiger partial charge in [-0.1, -0.05) is 22.9 Å².